The molecule has 0 radical (unpaired) electrons. The van der Waals surface area contributed by atoms with E-state index in [2.05, 4.69) is 129 Å². The molecule has 5 aromatic rings. The normalized spacial score (nSPS) is 10.9. The monoisotopic (exact) mass is 453 g/mol. The van der Waals surface area contributed by atoms with Gasteiger partial charge in [0.15, 0.2) is 0 Å². The van der Waals surface area contributed by atoms with Gasteiger partial charge in [-0.1, -0.05) is 123 Å². The molecule has 1 aromatic heterocycles. The van der Waals surface area contributed by atoms with Crippen molar-refractivity contribution in [3.63, 3.8) is 0 Å². The summed E-state index contributed by atoms with van der Waals surface area (Å²) in [7, 11) is 0. The number of hydrogen-bond acceptors (Lipinski definition) is 1. The zero-order valence-corrected chi connectivity index (χ0v) is 20.5. The average molecular weight is 454 g/mol. The minimum absolute atomic E-state index is 0.844. The van der Waals surface area contributed by atoms with Gasteiger partial charge in [-0.3, -0.25) is 0 Å². The van der Waals surface area contributed by atoms with Crippen LogP contribution in [0.25, 0.3) is 33.6 Å². The van der Waals surface area contributed by atoms with Crippen LogP contribution in [0.2, 0.25) is 0 Å². The van der Waals surface area contributed by atoms with Gasteiger partial charge in [-0.15, -0.1) is 0 Å². The number of aromatic nitrogens is 1. The minimum Gasteiger partial charge on any atom is -0.247 e. The number of hydrogen-bond donors (Lipinski definition) is 0. The molecule has 5 rings (SSSR count). The number of rotatable bonds is 7. The van der Waals surface area contributed by atoms with Crippen molar-refractivity contribution in [3.8, 4) is 33.6 Å². The lowest BCUT2D eigenvalue weighted by Crippen LogP contribution is -2.00. The lowest BCUT2D eigenvalue weighted by Gasteiger charge is -2.17. The number of nitrogens with zero attached hydrogens (tertiary/aromatic N) is 1. The summed E-state index contributed by atoms with van der Waals surface area (Å²) in [5.41, 5.74) is 12.0. The second kappa shape index (κ2) is 10.5. The SMILES string of the molecule is CCc1ccc(Cc2cc(-c3ccc(CC)cc3)c(-c3ccccc3)nc2-c2ccccc2)cc1. The largest absolute Gasteiger partial charge is 0.247 e. The smallest absolute Gasteiger partial charge is 0.0788 e. The first-order valence-corrected chi connectivity index (χ1v) is 12.6. The van der Waals surface area contributed by atoms with E-state index in [9.17, 15) is 0 Å². The van der Waals surface area contributed by atoms with Gasteiger partial charge in [0.1, 0.15) is 0 Å². The van der Waals surface area contributed by atoms with Gasteiger partial charge < -0.3 is 0 Å². The van der Waals surface area contributed by atoms with Crippen LogP contribution < -0.4 is 0 Å². The van der Waals surface area contributed by atoms with Gasteiger partial charge in [-0.05, 0) is 53.1 Å². The van der Waals surface area contributed by atoms with Crippen molar-refractivity contribution in [2.75, 3.05) is 0 Å². The van der Waals surface area contributed by atoms with Gasteiger partial charge in [-0.2, -0.15) is 0 Å². The Labute approximate surface area is 209 Å². The summed E-state index contributed by atoms with van der Waals surface area (Å²) < 4.78 is 0. The maximum Gasteiger partial charge on any atom is 0.0788 e. The van der Waals surface area contributed by atoms with E-state index in [4.69, 9.17) is 4.98 Å². The Morgan fingerprint density at radius 2 is 0.971 bits per heavy atom. The zero-order chi connectivity index (χ0) is 24.0. The third-order valence-corrected chi connectivity index (χ3v) is 6.69. The average Bonchev–Trinajstić information content (AvgIpc) is 2.94. The first kappa shape index (κ1) is 22.8. The second-order valence-electron chi connectivity index (χ2n) is 9.02. The molecular weight excluding hydrogens is 422 g/mol. The van der Waals surface area contributed by atoms with E-state index in [0.29, 0.717) is 0 Å². The molecule has 0 fully saturated rings. The van der Waals surface area contributed by atoms with E-state index in [1.807, 2.05) is 0 Å². The van der Waals surface area contributed by atoms with Gasteiger partial charge in [0.05, 0.1) is 11.4 Å². The molecule has 0 aliphatic heterocycles. The van der Waals surface area contributed by atoms with Crippen LogP contribution in [0, 0.1) is 0 Å². The molecule has 0 spiro atoms. The summed E-state index contributed by atoms with van der Waals surface area (Å²) in [5.74, 6) is 0. The van der Waals surface area contributed by atoms with Crippen LogP contribution in [0.15, 0.2) is 115 Å². The Kier molecular flexibility index (Phi) is 6.86. The standard InChI is InChI=1S/C34H31N/c1-3-25-15-17-27(18-16-25)23-31-24-32(28-21-19-26(4-2)20-22-28)34(30-13-9-6-10-14-30)35-33(31)29-11-7-5-8-12-29/h5-22,24H,3-4,23H2,1-2H3. The van der Waals surface area contributed by atoms with Crippen molar-refractivity contribution in [2.45, 2.75) is 33.1 Å². The molecule has 0 aliphatic carbocycles. The summed E-state index contributed by atoms with van der Waals surface area (Å²) in [4.78, 5) is 5.36. The molecule has 0 bridgehead atoms. The lowest BCUT2D eigenvalue weighted by atomic mass is 9.91. The van der Waals surface area contributed by atoms with Gasteiger partial charge in [0, 0.05) is 16.7 Å². The first-order valence-electron chi connectivity index (χ1n) is 12.6. The van der Waals surface area contributed by atoms with Crippen LogP contribution in [0.5, 0.6) is 0 Å². The van der Waals surface area contributed by atoms with Crippen LogP contribution in [-0.4, -0.2) is 4.98 Å². The van der Waals surface area contributed by atoms with Crippen LogP contribution in [-0.2, 0) is 19.3 Å². The van der Waals surface area contributed by atoms with E-state index >= 15 is 0 Å². The minimum atomic E-state index is 0.844. The zero-order valence-electron chi connectivity index (χ0n) is 20.5. The fourth-order valence-corrected chi connectivity index (χ4v) is 4.60. The Morgan fingerprint density at radius 1 is 0.486 bits per heavy atom. The van der Waals surface area contributed by atoms with Gasteiger partial charge in [-0.25, -0.2) is 4.98 Å². The van der Waals surface area contributed by atoms with E-state index in [0.717, 1.165) is 41.8 Å². The molecule has 0 saturated heterocycles. The topological polar surface area (TPSA) is 12.9 Å². The molecule has 0 amide bonds. The van der Waals surface area contributed by atoms with E-state index < -0.39 is 0 Å². The molecule has 0 aliphatic rings. The van der Waals surface area contributed by atoms with Crippen LogP contribution in [0.3, 0.4) is 0 Å². The summed E-state index contributed by atoms with van der Waals surface area (Å²) in [5, 5.41) is 0. The number of aryl methyl sites for hydroxylation is 2. The molecule has 0 N–H and O–H groups in total. The Balaban J connectivity index is 1.71. The highest BCUT2D eigenvalue weighted by atomic mass is 14.7. The van der Waals surface area contributed by atoms with Crippen molar-refractivity contribution in [3.05, 3.63) is 138 Å². The molecule has 0 saturated carbocycles. The molecule has 0 unspecified atom stereocenters. The van der Waals surface area contributed by atoms with Crippen molar-refractivity contribution in [1.29, 1.82) is 0 Å². The first-order chi connectivity index (χ1) is 17.2. The van der Waals surface area contributed by atoms with Crippen molar-refractivity contribution in [2.24, 2.45) is 0 Å². The number of benzene rings is 4. The predicted molar refractivity (Wildman–Crippen MR) is 149 cm³/mol. The highest BCUT2D eigenvalue weighted by Crippen LogP contribution is 2.36. The highest BCUT2D eigenvalue weighted by molar-refractivity contribution is 5.84. The Hall–Kier alpha value is -3.97. The van der Waals surface area contributed by atoms with Gasteiger partial charge in [0.25, 0.3) is 0 Å². The number of pyridine rings is 1. The molecule has 0 atom stereocenters. The summed E-state index contributed by atoms with van der Waals surface area (Å²) in [6.07, 6.45) is 2.94. The van der Waals surface area contributed by atoms with Crippen LogP contribution >= 0.6 is 0 Å². The quantitative estimate of drug-likeness (QED) is 0.240. The molecule has 1 nitrogen and oxygen atoms in total. The Morgan fingerprint density at radius 3 is 1.51 bits per heavy atom. The van der Waals surface area contributed by atoms with Crippen molar-refractivity contribution in [1.82, 2.24) is 4.98 Å². The van der Waals surface area contributed by atoms with Crippen LogP contribution in [0.1, 0.15) is 36.1 Å². The third-order valence-electron chi connectivity index (χ3n) is 6.69. The molecule has 1 heteroatoms. The maximum atomic E-state index is 5.36. The molecule has 1 heterocycles. The lowest BCUT2D eigenvalue weighted by molar-refractivity contribution is 1.11. The summed E-state index contributed by atoms with van der Waals surface area (Å²) in [6.45, 7) is 4.40. The van der Waals surface area contributed by atoms with Gasteiger partial charge in [0.2, 0.25) is 0 Å². The Bertz CT molecular complexity index is 1380. The third kappa shape index (κ3) is 5.10. The fraction of sp³-hybridized carbons (Fsp3) is 0.147. The maximum absolute atomic E-state index is 5.36. The summed E-state index contributed by atoms with van der Waals surface area (Å²) in [6, 6.07) is 41.5. The fourth-order valence-electron chi connectivity index (χ4n) is 4.60. The molecule has 4 aromatic carbocycles. The molecular formula is C34H31N. The van der Waals surface area contributed by atoms with Gasteiger partial charge >= 0.3 is 0 Å². The van der Waals surface area contributed by atoms with E-state index in [1.54, 1.807) is 0 Å². The van der Waals surface area contributed by atoms with Crippen LogP contribution in [0.4, 0.5) is 0 Å². The van der Waals surface area contributed by atoms with Crippen molar-refractivity contribution < 1.29 is 0 Å². The van der Waals surface area contributed by atoms with E-state index in [-0.39, 0.29) is 0 Å². The second-order valence-corrected chi connectivity index (χ2v) is 9.02. The predicted octanol–water partition coefficient (Wildman–Crippen LogP) is 8.80. The summed E-state index contributed by atoms with van der Waals surface area (Å²) >= 11 is 0. The molecule has 35 heavy (non-hydrogen) atoms. The van der Waals surface area contributed by atoms with Crippen molar-refractivity contribution >= 4 is 0 Å². The highest BCUT2D eigenvalue weighted by Gasteiger charge is 2.17. The van der Waals surface area contributed by atoms with E-state index in [1.165, 1.54) is 33.4 Å². The molecule has 172 valence electrons.